The van der Waals surface area contributed by atoms with Gasteiger partial charge in [-0.3, -0.25) is 4.79 Å². The molecule has 0 spiro atoms. The molecule has 1 aliphatic rings. The van der Waals surface area contributed by atoms with Crippen LogP contribution in [-0.4, -0.2) is 30.2 Å². The molecule has 4 nitrogen and oxygen atoms in total. The summed E-state index contributed by atoms with van der Waals surface area (Å²) in [6.45, 7) is 1.55. The van der Waals surface area contributed by atoms with Gasteiger partial charge < -0.3 is 15.7 Å². The summed E-state index contributed by atoms with van der Waals surface area (Å²) in [4.78, 5) is 12.7. The summed E-state index contributed by atoms with van der Waals surface area (Å²) in [6.07, 6.45) is 1.05. The molecule has 0 saturated carbocycles. The van der Waals surface area contributed by atoms with Gasteiger partial charge in [0.25, 0.3) is 0 Å². The quantitative estimate of drug-likeness (QED) is 0.789. The monoisotopic (exact) mass is 220 g/mol. The molecule has 86 valence electrons. The molecule has 0 radical (unpaired) electrons. The van der Waals surface area contributed by atoms with Crippen LogP contribution in [0.25, 0.3) is 0 Å². The summed E-state index contributed by atoms with van der Waals surface area (Å²) in [5.74, 6) is -0.833. The molecule has 4 heteroatoms. The second kappa shape index (κ2) is 4.53. The van der Waals surface area contributed by atoms with Gasteiger partial charge in [0, 0.05) is 24.8 Å². The highest BCUT2D eigenvalue weighted by molar-refractivity contribution is 5.67. The van der Waals surface area contributed by atoms with Crippen molar-refractivity contribution >= 4 is 11.7 Å². The Morgan fingerprint density at radius 3 is 3.00 bits per heavy atom. The Bertz CT molecular complexity index is 392. The van der Waals surface area contributed by atoms with Gasteiger partial charge in [-0.25, -0.2) is 0 Å². The van der Waals surface area contributed by atoms with Crippen molar-refractivity contribution in [1.82, 2.24) is 0 Å². The Morgan fingerprint density at radius 1 is 1.50 bits per heavy atom. The number of carbonyl (C=O) groups is 1. The van der Waals surface area contributed by atoms with Crippen molar-refractivity contribution in [2.75, 3.05) is 18.0 Å². The molecular formula is C12H16N2O2. The number of hydrogen-bond acceptors (Lipinski definition) is 3. The van der Waals surface area contributed by atoms with Crippen LogP contribution in [0.1, 0.15) is 12.0 Å². The number of nitrogens with zero attached hydrogens (tertiary/aromatic N) is 1. The molecule has 2 rings (SSSR count). The maximum Gasteiger partial charge on any atom is 0.304 e. The second-order valence-corrected chi connectivity index (χ2v) is 4.18. The van der Waals surface area contributed by atoms with E-state index in [0.29, 0.717) is 6.54 Å². The molecule has 0 saturated heterocycles. The first-order valence-electron chi connectivity index (χ1n) is 5.47. The molecule has 0 bridgehead atoms. The number of carboxylic acids is 1. The van der Waals surface area contributed by atoms with E-state index in [1.807, 2.05) is 12.1 Å². The highest BCUT2D eigenvalue weighted by Gasteiger charge is 2.20. The zero-order chi connectivity index (χ0) is 11.5. The Hall–Kier alpha value is -1.55. The first-order valence-corrected chi connectivity index (χ1v) is 5.47. The number of hydrogen-bond donors (Lipinski definition) is 2. The molecule has 0 aliphatic carbocycles. The summed E-state index contributed by atoms with van der Waals surface area (Å²) in [7, 11) is 0. The van der Waals surface area contributed by atoms with Crippen molar-refractivity contribution < 1.29 is 9.90 Å². The van der Waals surface area contributed by atoms with Gasteiger partial charge in [0.1, 0.15) is 0 Å². The van der Waals surface area contributed by atoms with E-state index >= 15 is 0 Å². The van der Waals surface area contributed by atoms with E-state index in [4.69, 9.17) is 10.8 Å². The number of anilines is 1. The molecule has 1 aliphatic heterocycles. The summed E-state index contributed by atoms with van der Waals surface area (Å²) in [5, 5.41) is 8.65. The van der Waals surface area contributed by atoms with E-state index in [0.717, 1.165) is 13.0 Å². The predicted molar refractivity (Wildman–Crippen MR) is 62.6 cm³/mol. The van der Waals surface area contributed by atoms with E-state index in [1.165, 1.54) is 11.3 Å². The fraction of sp³-hybridized carbons (Fsp3) is 0.417. The third-order valence-electron chi connectivity index (χ3n) is 2.88. The lowest BCUT2D eigenvalue weighted by Gasteiger charge is -2.22. The SMILES string of the molecule is NC(CC(=O)O)CN1CCc2ccccc21. The van der Waals surface area contributed by atoms with E-state index in [2.05, 4.69) is 17.0 Å². The fourth-order valence-corrected chi connectivity index (χ4v) is 2.17. The average Bonchev–Trinajstić information content (AvgIpc) is 2.61. The Kier molecular flexibility index (Phi) is 3.10. The lowest BCUT2D eigenvalue weighted by molar-refractivity contribution is -0.137. The van der Waals surface area contributed by atoms with E-state index < -0.39 is 5.97 Å². The molecule has 1 atom stereocenters. The number of aliphatic carboxylic acids is 1. The van der Waals surface area contributed by atoms with Crippen LogP contribution < -0.4 is 10.6 Å². The third-order valence-corrected chi connectivity index (χ3v) is 2.88. The minimum Gasteiger partial charge on any atom is -0.481 e. The number of carboxylic acid groups (broad SMARTS) is 1. The highest BCUT2D eigenvalue weighted by Crippen LogP contribution is 2.27. The van der Waals surface area contributed by atoms with Crippen LogP contribution in [0.5, 0.6) is 0 Å². The van der Waals surface area contributed by atoms with Crippen LogP contribution in [0.4, 0.5) is 5.69 Å². The van der Waals surface area contributed by atoms with Crippen LogP contribution in [0, 0.1) is 0 Å². The zero-order valence-electron chi connectivity index (χ0n) is 9.10. The zero-order valence-corrected chi connectivity index (χ0v) is 9.10. The van der Waals surface area contributed by atoms with Gasteiger partial charge in [0.15, 0.2) is 0 Å². The average molecular weight is 220 g/mol. The number of nitrogens with two attached hydrogens (primary N) is 1. The molecule has 0 amide bonds. The van der Waals surface area contributed by atoms with Crippen LogP contribution in [0.15, 0.2) is 24.3 Å². The lowest BCUT2D eigenvalue weighted by Crippen LogP contribution is -2.38. The molecule has 3 N–H and O–H groups in total. The van der Waals surface area contributed by atoms with Crippen LogP contribution in [0.3, 0.4) is 0 Å². The number of rotatable bonds is 4. The molecule has 1 aromatic carbocycles. The fourth-order valence-electron chi connectivity index (χ4n) is 2.17. The van der Waals surface area contributed by atoms with Crippen LogP contribution >= 0.6 is 0 Å². The van der Waals surface area contributed by atoms with Crippen LogP contribution in [-0.2, 0) is 11.2 Å². The molecule has 0 fully saturated rings. The predicted octanol–water partition coefficient (Wildman–Crippen LogP) is 0.851. The van der Waals surface area contributed by atoms with Crippen molar-refractivity contribution in [1.29, 1.82) is 0 Å². The molecule has 0 aromatic heterocycles. The van der Waals surface area contributed by atoms with Gasteiger partial charge in [-0.1, -0.05) is 18.2 Å². The molecule has 1 unspecified atom stereocenters. The number of fused-ring (bicyclic) bond motifs is 1. The topological polar surface area (TPSA) is 66.6 Å². The summed E-state index contributed by atoms with van der Waals surface area (Å²) in [5.41, 5.74) is 8.31. The summed E-state index contributed by atoms with van der Waals surface area (Å²) < 4.78 is 0. The van der Waals surface area contributed by atoms with Gasteiger partial charge >= 0.3 is 5.97 Å². The standard InChI is InChI=1S/C12H16N2O2/c13-10(7-12(15)16)8-14-6-5-9-3-1-2-4-11(9)14/h1-4,10H,5-8,13H2,(H,15,16). The maximum absolute atomic E-state index is 10.5. The van der Waals surface area contributed by atoms with E-state index in [1.54, 1.807) is 0 Å². The smallest absolute Gasteiger partial charge is 0.304 e. The first kappa shape index (κ1) is 11.0. The lowest BCUT2D eigenvalue weighted by atomic mass is 10.1. The Balaban J connectivity index is 2.00. The Morgan fingerprint density at radius 2 is 2.25 bits per heavy atom. The van der Waals surface area contributed by atoms with Gasteiger partial charge in [-0.2, -0.15) is 0 Å². The first-order chi connectivity index (χ1) is 7.66. The Labute approximate surface area is 94.7 Å². The largest absolute Gasteiger partial charge is 0.481 e. The van der Waals surface area contributed by atoms with Crippen LogP contribution in [0.2, 0.25) is 0 Å². The second-order valence-electron chi connectivity index (χ2n) is 4.18. The number of benzene rings is 1. The molecular weight excluding hydrogens is 204 g/mol. The van der Waals surface area contributed by atoms with Crippen molar-refractivity contribution in [3.8, 4) is 0 Å². The van der Waals surface area contributed by atoms with Crippen molar-refractivity contribution in [3.63, 3.8) is 0 Å². The van der Waals surface area contributed by atoms with Crippen molar-refractivity contribution in [2.24, 2.45) is 5.73 Å². The molecule has 1 heterocycles. The third kappa shape index (κ3) is 2.33. The highest BCUT2D eigenvalue weighted by atomic mass is 16.4. The minimum absolute atomic E-state index is 0.0265. The van der Waals surface area contributed by atoms with Crippen molar-refractivity contribution in [3.05, 3.63) is 29.8 Å². The molecule has 16 heavy (non-hydrogen) atoms. The number of para-hydroxylation sites is 1. The van der Waals surface area contributed by atoms with Gasteiger partial charge in [0.05, 0.1) is 6.42 Å². The normalized spacial score (nSPS) is 15.9. The van der Waals surface area contributed by atoms with E-state index in [-0.39, 0.29) is 12.5 Å². The summed E-state index contributed by atoms with van der Waals surface area (Å²) >= 11 is 0. The minimum atomic E-state index is -0.833. The maximum atomic E-state index is 10.5. The summed E-state index contributed by atoms with van der Waals surface area (Å²) in [6, 6.07) is 7.90. The van der Waals surface area contributed by atoms with E-state index in [9.17, 15) is 4.79 Å². The molecule has 1 aromatic rings. The van der Waals surface area contributed by atoms with Gasteiger partial charge in [0.2, 0.25) is 0 Å². The van der Waals surface area contributed by atoms with Gasteiger partial charge in [-0.05, 0) is 18.1 Å². The van der Waals surface area contributed by atoms with Crippen molar-refractivity contribution in [2.45, 2.75) is 18.9 Å². The van der Waals surface area contributed by atoms with Gasteiger partial charge in [-0.15, -0.1) is 0 Å².